The Morgan fingerprint density at radius 1 is 1.36 bits per heavy atom. The van der Waals surface area contributed by atoms with E-state index >= 15 is 0 Å². The lowest BCUT2D eigenvalue weighted by Crippen LogP contribution is -2.33. The number of nitro groups is 1. The van der Waals surface area contributed by atoms with E-state index in [0.29, 0.717) is 11.3 Å². The summed E-state index contributed by atoms with van der Waals surface area (Å²) in [5.74, 6) is 0.140. The van der Waals surface area contributed by atoms with E-state index in [0.717, 1.165) is 5.56 Å². The van der Waals surface area contributed by atoms with Crippen LogP contribution in [0.15, 0.2) is 47.6 Å². The summed E-state index contributed by atoms with van der Waals surface area (Å²) in [7, 11) is 0. The van der Waals surface area contributed by atoms with Crippen LogP contribution in [0.25, 0.3) is 0 Å². The van der Waals surface area contributed by atoms with Gasteiger partial charge in [0.05, 0.1) is 11.1 Å². The molecule has 130 valence electrons. The molecule has 0 fully saturated rings. The number of halogens is 1. The number of hydrogen-bond acceptors (Lipinski definition) is 5. The van der Waals surface area contributed by atoms with Gasteiger partial charge in [-0.2, -0.15) is 5.10 Å². The molecule has 0 saturated carbocycles. The monoisotopic (exact) mass is 361 g/mol. The lowest BCUT2D eigenvalue weighted by molar-refractivity contribution is -0.384. The smallest absolute Gasteiger partial charge is 0.288 e. The Balaban J connectivity index is 1.96. The summed E-state index contributed by atoms with van der Waals surface area (Å²) in [6, 6.07) is 11.6. The molecule has 0 radical (unpaired) electrons. The van der Waals surface area contributed by atoms with Crippen molar-refractivity contribution < 1.29 is 14.5 Å². The first-order valence-corrected chi connectivity index (χ1v) is 7.75. The Kier molecular flexibility index (Phi) is 6.08. The van der Waals surface area contributed by atoms with Crippen molar-refractivity contribution in [3.8, 4) is 5.75 Å². The van der Waals surface area contributed by atoms with Crippen LogP contribution in [0.2, 0.25) is 5.02 Å². The number of nitro benzene ring substituents is 1. The predicted octanol–water partition coefficient (Wildman–Crippen LogP) is 3.47. The van der Waals surface area contributed by atoms with Crippen LogP contribution in [0, 0.1) is 17.0 Å². The molecule has 0 saturated heterocycles. The average molecular weight is 362 g/mol. The number of ether oxygens (including phenoxy) is 1. The SMILES string of the molecule is Cc1cccc(OC(C)C(=O)NN=Cc2ccc(Cl)c([N+](=O)[O-])c2)c1. The highest BCUT2D eigenvalue weighted by atomic mass is 35.5. The standard InChI is InChI=1S/C17H16ClN3O4/c1-11-4-3-5-14(8-11)25-12(2)17(22)20-19-10-13-6-7-15(18)16(9-13)21(23)24/h3-10,12H,1-2H3,(H,20,22). The molecule has 0 aliphatic carbocycles. The van der Waals surface area contributed by atoms with Gasteiger partial charge in [-0.25, -0.2) is 5.43 Å². The van der Waals surface area contributed by atoms with E-state index < -0.39 is 16.9 Å². The fraction of sp³-hybridized carbons (Fsp3) is 0.176. The molecule has 1 unspecified atom stereocenters. The molecular formula is C17H16ClN3O4. The van der Waals surface area contributed by atoms with E-state index in [4.69, 9.17) is 16.3 Å². The van der Waals surface area contributed by atoms with Crippen molar-refractivity contribution >= 4 is 29.4 Å². The van der Waals surface area contributed by atoms with Gasteiger partial charge in [0.25, 0.3) is 11.6 Å². The number of amides is 1. The van der Waals surface area contributed by atoms with Crippen LogP contribution in [0.5, 0.6) is 5.75 Å². The number of rotatable bonds is 6. The molecule has 0 bridgehead atoms. The minimum absolute atomic E-state index is 0.0337. The summed E-state index contributed by atoms with van der Waals surface area (Å²) >= 11 is 5.73. The van der Waals surface area contributed by atoms with Crippen molar-refractivity contribution in [3.05, 3.63) is 68.7 Å². The maximum Gasteiger partial charge on any atom is 0.288 e. The first kappa shape index (κ1) is 18.4. The van der Waals surface area contributed by atoms with Crippen LogP contribution >= 0.6 is 11.6 Å². The minimum atomic E-state index is -0.751. The van der Waals surface area contributed by atoms with Crippen LogP contribution in [0.4, 0.5) is 5.69 Å². The summed E-state index contributed by atoms with van der Waals surface area (Å²) in [4.78, 5) is 22.2. The lowest BCUT2D eigenvalue weighted by Gasteiger charge is -2.13. The Labute approximate surface area is 149 Å². The molecule has 25 heavy (non-hydrogen) atoms. The zero-order valence-electron chi connectivity index (χ0n) is 13.6. The van der Waals surface area contributed by atoms with Gasteiger partial charge in [-0.3, -0.25) is 14.9 Å². The molecule has 1 N–H and O–H groups in total. The van der Waals surface area contributed by atoms with Gasteiger partial charge < -0.3 is 4.74 Å². The summed E-state index contributed by atoms with van der Waals surface area (Å²) < 4.78 is 5.53. The zero-order chi connectivity index (χ0) is 18.4. The second kappa shape index (κ2) is 8.25. The normalized spacial score (nSPS) is 12.0. The van der Waals surface area contributed by atoms with Crippen molar-refractivity contribution in [1.82, 2.24) is 5.43 Å². The van der Waals surface area contributed by atoms with Gasteiger partial charge in [-0.1, -0.05) is 29.8 Å². The quantitative estimate of drug-likeness (QED) is 0.484. The molecule has 0 aliphatic heterocycles. The summed E-state index contributed by atoms with van der Waals surface area (Å²) in [6.07, 6.45) is 0.541. The third-order valence-corrected chi connectivity index (χ3v) is 3.55. The Morgan fingerprint density at radius 2 is 2.12 bits per heavy atom. The van der Waals surface area contributed by atoms with Gasteiger partial charge in [-0.05, 0) is 37.6 Å². The van der Waals surface area contributed by atoms with E-state index in [1.807, 2.05) is 25.1 Å². The van der Waals surface area contributed by atoms with E-state index in [9.17, 15) is 14.9 Å². The number of aryl methyl sites for hydroxylation is 1. The molecule has 8 heteroatoms. The van der Waals surface area contributed by atoms with Crippen LogP contribution < -0.4 is 10.2 Å². The number of nitrogens with zero attached hydrogens (tertiary/aromatic N) is 2. The molecule has 0 heterocycles. The number of hydrogen-bond donors (Lipinski definition) is 1. The molecule has 1 atom stereocenters. The molecule has 2 aromatic carbocycles. The number of benzene rings is 2. The number of hydrazone groups is 1. The topological polar surface area (TPSA) is 93.8 Å². The third-order valence-electron chi connectivity index (χ3n) is 3.23. The van der Waals surface area contributed by atoms with Gasteiger partial charge in [0.15, 0.2) is 6.10 Å². The van der Waals surface area contributed by atoms with Crippen molar-refractivity contribution in [2.75, 3.05) is 0 Å². The molecule has 0 spiro atoms. The first-order valence-electron chi connectivity index (χ1n) is 7.37. The zero-order valence-corrected chi connectivity index (χ0v) is 14.4. The highest BCUT2D eigenvalue weighted by Gasteiger charge is 2.14. The van der Waals surface area contributed by atoms with Gasteiger partial charge >= 0.3 is 0 Å². The van der Waals surface area contributed by atoms with Crippen molar-refractivity contribution in [2.24, 2.45) is 5.10 Å². The highest BCUT2D eigenvalue weighted by molar-refractivity contribution is 6.32. The van der Waals surface area contributed by atoms with Crippen LogP contribution in [0.1, 0.15) is 18.1 Å². The van der Waals surface area contributed by atoms with Gasteiger partial charge in [-0.15, -0.1) is 0 Å². The molecule has 1 amide bonds. The summed E-state index contributed by atoms with van der Waals surface area (Å²) in [6.45, 7) is 3.52. The summed E-state index contributed by atoms with van der Waals surface area (Å²) in [5.41, 5.74) is 3.56. The highest BCUT2D eigenvalue weighted by Crippen LogP contribution is 2.24. The maximum absolute atomic E-state index is 12.0. The molecule has 2 rings (SSSR count). The predicted molar refractivity (Wildman–Crippen MR) is 95.1 cm³/mol. The fourth-order valence-corrected chi connectivity index (χ4v) is 2.14. The third kappa shape index (κ3) is 5.29. The van der Waals surface area contributed by atoms with Crippen molar-refractivity contribution in [3.63, 3.8) is 0 Å². The Bertz CT molecular complexity index is 823. The maximum atomic E-state index is 12.0. The van der Waals surface area contributed by atoms with Crippen LogP contribution in [-0.4, -0.2) is 23.1 Å². The van der Waals surface area contributed by atoms with Gasteiger partial charge in [0.1, 0.15) is 10.8 Å². The number of nitrogens with one attached hydrogen (secondary N) is 1. The second-order valence-corrected chi connectivity index (χ2v) is 5.69. The fourth-order valence-electron chi connectivity index (χ4n) is 1.96. The largest absolute Gasteiger partial charge is 0.481 e. The molecule has 7 nitrogen and oxygen atoms in total. The molecule has 0 aromatic heterocycles. The van der Waals surface area contributed by atoms with Crippen LogP contribution in [-0.2, 0) is 4.79 Å². The van der Waals surface area contributed by atoms with Crippen molar-refractivity contribution in [2.45, 2.75) is 20.0 Å². The molecular weight excluding hydrogens is 346 g/mol. The molecule has 0 aliphatic rings. The number of carbonyl (C=O) groups is 1. The minimum Gasteiger partial charge on any atom is -0.481 e. The van der Waals surface area contributed by atoms with E-state index in [-0.39, 0.29) is 10.7 Å². The van der Waals surface area contributed by atoms with Crippen LogP contribution in [0.3, 0.4) is 0 Å². The Morgan fingerprint density at radius 3 is 2.80 bits per heavy atom. The van der Waals surface area contributed by atoms with Crippen molar-refractivity contribution in [1.29, 1.82) is 0 Å². The van der Waals surface area contributed by atoms with E-state index in [1.54, 1.807) is 19.1 Å². The second-order valence-electron chi connectivity index (χ2n) is 5.28. The first-order chi connectivity index (χ1) is 11.9. The lowest BCUT2D eigenvalue weighted by atomic mass is 10.2. The number of carbonyl (C=O) groups excluding carboxylic acids is 1. The Hall–Kier alpha value is -2.93. The van der Waals surface area contributed by atoms with Gasteiger partial charge in [0.2, 0.25) is 0 Å². The van der Waals surface area contributed by atoms with E-state index in [2.05, 4.69) is 10.5 Å². The van der Waals surface area contributed by atoms with E-state index in [1.165, 1.54) is 18.3 Å². The summed E-state index contributed by atoms with van der Waals surface area (Å²) in [5, 5.41) is 14.6. The van der Waals surface area contributed by atoms with Gasteiger partial charge in [0, 0.05) is 11.6 Å². The molecule has 2 aromatic rings. The average Bonchev–Trinajstić information content (AvgIpc) is 2.56.